The second kappa shape index (κ2) is 7.94. The van der Waals surface area contributed by atoms with Gasteiger partial charge in [-0.1, -0.05) is 24.3 Å². The van der Waals surface area contributed by atoms with Gasteiger partial charge in [-0.15, -0.1) is 0 Å². The molecule has 2 aromatic carbocycles. The Labute approximate surface area is 174 Å². The molecule has 1 aliphatic rings. The van der Waals surface area contributed by atoms with Crippen molar-refractivity contribution in [3.8, 4) is 0 Å². The van der Waals surface area contributed by atoms with Crippen LogP contribution in [0.15, 0.2) is 56.6 Å². The van der Waals surface area contributed by atoms with Gasteiger partial charge in [0.25, 0.3) is 0 Å². The van der Waals surface area contributed by atoms with E-state index in [0.29, 0.717) is 25.2 Å². The van der Waals surface area contributed by atoms with Crippen molar-refractivity contribution < 1.29 is 17.2 Å². The topological polar surface area (TPSA) is 70.8 Å². The van der Waals surface area contributed by atoms with Crippen LogP contribution in [-0.4, -0.2) is 43.8 Å². The van der Waals surface area contributed by atoms with Crippen LogP contribution in [0.5, 0.6) is 0 Å². The van der Waals surface area contributed by atoms with Crippen molar-refractivity contribution in [1.29, 1.82) is 0 Å². The van der Waals surface area contributed by atoms with Gasteiger partial charge in [-0.3, -0.25) is 4.90 Å². The normalized spacial score (nSPS) is 16.2. The van der Waals surface area contributed by atoms with Crippen LogP contribution in [0.2, 0.25) is 0 Å². The fourth-order valence-electron chi connectivity index (χ4n) is 3.82. The first-order valence-electron chi connectivity index (χ1n) is 9.77. The zero-order valence-corrected chi connectivity index (χ0v) is 17.7. The number of halogens is 1. The van der Waals surface area contributed by atoms with Gasteiger partial charge < -0.3 is 4.42 Å². The lowest BCUT2D eigenvalue weighted by molar-refractivity contribution is 0.181. The van der Waals surface area contributed by atoms with E-state index in [4.69, 9.17) is 4.42 Å². The van der Waals surface area contributed by atoms with E-state index < -0.39 is 21.5 Å². The zero-order valence-electron chi connectivity index (χ0n) is 16.9. The van der Waals surface area contributed by atoms with Gasteiger partial charge >= 0.3 is 5.63 Å². The van der Waals surface area contributed by atoms with E-state index in [-0.39, 0.29) is 18.0 Å². The molecule has 1 saturated heterocycles. The number of benzene rings is 2. The predicted octanol–water partition coefficient (Wildman–Crippen LogP) is 3.06. The summed E-state index contributed by atoms with van der Waals surface area (Å²) in [6, 6.07) is 10.9. The van der Waals surface area contributed by atoms with Crippen LogP contribution < -0.4 is 5.63 Å². The Bertz CT molecular complexity index is 1260. The maximum Gasteiger partial charge on any atom is 0.336 e. The molecule has 0 radical (unpaired) electrons. The number of hydrogen-bond donors (Lipinski definition) is 0. The summed E-state index contributed by atoms with van der Waals surface area (Å²) >= 11 is 0. The van der Waals surface area contributed by atoms with Crippen LogP contribution in [-0.2, 0) is 16.6 Å². The van der Waals surface area contributed by atoms with Crippen molar-refractivity contribution >= 4 is 21.0 Å². The van der Waals surface area contributed by atoms with E-state index in [9.17, 15) is 17.6 Å². The first-order chi connectivity index (χ1) is 14.3. The second-order valence-electron chi connectivity index (χ2n) is 7.59. The van der Waals surface area contributed by atoms with E-state index in [1.165, 1.54) is 28.6 Å². The minimum Gasteiger partial charge on any atom is -0.422 e. The maximum absolute atomic E-state index is 14.0. The number of aryl methyl sites for hydroxylation is 2. The molecule has 0 unspecified atom stereocenters. The molecule has 158 valence electrons. The molecule has 0 spiro atoms. The number of nitrogens with zero attached hydrogens (tertiary/aromatic N) is 2. The smallest absolute Gasteiger partial charge is 0.336 e. The molecule has 1 aliphatic heterocycles. The Balaban J connectivity index is 1.53. The van der Waals surface area contributed by atoms with E-state index >= 15 is 0 Å². The van der Waals surface area contributed by atoms with Crippen molar-refractivity contribution in [3.63, 3.8) is 0 Å². The highest BCUT2D eigenvalue weighted by molar-refractivity contribution is 7.89. The first-order valence-corrected chi connectivity index (χ1v) is 11.2. The third-order valence-electron chi connectivity index (χ3n) is 5.70. The average Bonchev–Trinajstić information content (AvgIpc) is 2.71. The van der Waals surface area contributed by atoms with E-state index in [0.717, 1.165) is 28.1 Å². The first kappa shape index (κ1) is 20.7. The highest BCUT2D eigenvalue weighted by atomic mass is 32.2. The Morgan fingerprint density at radius 2 is 1.73 bits per heavy atom. The van der Waals surface area contributed by atoms with Crippen LogP contribution in [0, 0.1) is 19.7 Å². The average molecular weight is 431 g/mol. The summed E-state index contributed by atoms with van der Waals surface area (Å²) in [5, 5.41) is 0.888. The van der Waals surface area contributed by atoms with Gasteiger partial charge in [0.2, 0.25) is 10.0 Å². The van der Waals surface area contributed by atoms with Gasteiger partial charge in [-0.25, -0.2) is 17.6 Å². The highest BCUT2D eigenvalue weighted by Crippen LogP contribution is 2.25. The van der Waals surface area contributed by atoms with Gasteiger partial charge in [0.15, 0.2) is 0 Å². The maximum atomic E-state index is 14.0. The van der Waals surface area contributed by atoms with Gasteiger partial charge in [-0.05, 0) is 42.7 Å². The number of piperazine rings is 1. The minimum absolute atomic E-state index is 0.258. The fraction of sp³-hybridized carbons (Fsp3) is 0.318. The van der Waals surface area contributed by atoms with Crippen LogP contribution in [0.25, 0.3) is 11.0 Å². The molecule has 0 atom stereocenters. The van der Waals surface area contributed by atoms with Crippen molar-refractivity contribution in [3.05, 3.63) is 75.4 Å². The SMILES string of the molecule is Cc1ccc2c(CN3CCN(S(=O)(=O)c4ccccc4F)CC3)cc(=O)oc2c1C. The minimum atomic E-state index is -3.87. The van der Waals surface area contributed by atoms with Crippen molar-refractivity contribution in [2.45, 2.75) is 25.3 Å². The summed E-state index contributed by atoms with van der Waals surface area (Å²) < 4.78 is 46.3. The van der Waals surface area contributed by atoms with Crippen LogP contribution in [0.4, 0.5) is 4.39 Å². The third kappa shape index (κ3) is 3.78. The monoisotopic (exact) mass is 430 g/mol. The molecule has 0 N–H and O–H groups in total. The summed E-state index contributed by atoms with van der Waals surface area (Å²) in [7, 11) is -3.87. The fourth-order valence-corrected chi connectivity index (χ4v) is 5.30. The Morgan fingerprint density at radius 1 is 1.03 bits per heavy atom. The number of fused-ring (bicyclic) bond motifs is 1. The lowest BCUT2D eigenvalue weighted by Gasteiger charge is -2.34. The lowest BCUT2D eigenvalue weighted by atomic mass is 10.0. The molecular formula is C22H23FN2O4S. The van der Waals surface area contributed by atoms with Gasteiger partial charge in [0.05, 0.1) is 0 Å². The molecule has 4 rings (SSSR count). The molecule has 1 aromatic heterocycles. The molecule has 30 heavy (non-hydrogen) atoms. The molecule has 6 nitrogen and oxygen atoms in total. The standard InChI is InChI=1S/C22H23FN2O4S/c1-15-7-8-18-17(13-21(26)29-22(18)16(15)2)14-24-9-11-25(12-10-24)30(27,28)20-6-4-3-5-19(20)23/h3-8,13H,9-12,14H2,1-2H3. The van der Waals surface area contributed by atoms with Crippen molar-refractivity contribution in [2.24, 2.45) is 0 Å². The van der Waals surface area contributed by atoms with Crippen molar-refractivity contribution in [2.75, 3.05) is 26.2 Å². The Morgan fingerprint density at radius 3 is 2.43 bits per heavy atom. The molecule has 0 saturated carbocycles. The highest BCUT2D eigenvalue weighted by Gasteiger charge is 2.30. The quantitative estimate of drug-likeness (QED) is 0.595. The third-order valence-corrected chi connectivity index (χ3v) is 7.63. The van der Waals surface area contributed by atoms with E-state index in [1.54, 1.807) is 0 Å². The van der Waals surface area contributed by atoms with Gasteiger partial charge in [-0.2, -0.15) is 4.31 Å². The van der Waals surface area contributed by atoms with E-state index in [1.807, 2.05) is 26.0 Å². The largest absolute Gasteiger partial charge is 0.422 e. The van der Waals surface area contributed by atoms with Gasteiger partial charge in [0, 0.05) is 44.2 Å². The summed E-state index contributed by atoms with van der Waals surface area (Å²) in [6.07, 6.45) is 0. The molecule has 1 fully saturated rings. The van der Waals surface area contributed by atoms with Crippen molar-refractivity contribution in [1.82, 2.24) is 9.21 Å². The Kier molecular flexibility index (Phi) is 5.48. The molecule has 0 amide bonds. The van der Waals surface area contributed by atoms with Crippen LogP contribution in [0.1, 0.15) is 16.7 Å². The number of hydrogen-bond acceptors (Lipinski definition) is 5. The molecule has 8 heteroatoms. The number of rotatable bonds is 4. The molecule has 0 aliphatic carbocycles. The summed E-state index contributed by atoms with van der Waals surface area (Å²) in [6.45, 7) is 5.90. The summed E-state index contributed by atoms with van der Waals surface area (Å²) in [4.78, 5) is 13.9. The van der Waals surface area contributed by atoms with Crippen LogP contribution >= 0.6 is 0 Å². The summed E-state index contributed by atoms with van der Waals surface area (Å²) in [5.74, 6) is -0.743. The second-order valence-corrected chi connectivity index (χ2v) is 9.49. The van der Waals surface area contributed by atoms with Gasteiger partial charge in [0.1, 0.15) is 16.3 Å². The van der Waals surface area contributed by atoms with E-state index in [2.05, 4.69) is 4.90 Å². The zero-order chi connectivity index (χ0) is 21.5. The number of sulfonamides is 1. The summed E-state index contributed by atoms with van der Waals surface area (Å²) in [5.41, 5.74) is 3.04. The predicted molar refractivity (Wildman–Crippen MR) is 112 cm³/mol. The molecule has 2 heterocycles. The molecule has 0 bridgehead atoms. The molecule has 3 aromatic rings. The Hall–Kier alpha value is -2.55. The van der Waals surface area contributed by atoms with Crippen LogP contribution in [0.3, 0.4) is 0 Å². The molecular weight excluding hydrogens is 407 g/mol. The lowest BCUT2D eigenvalue weighted by Crippen LogP contribution is -2.48.